The average molecular weight is 498 g/mol. The molecule has 0 fully saturated rings. The number of benzene rings is 3. The Balaban J connectivity index is 1.51. The molecule has 0 radical (unpaired) electrons. The Bertz CT molecular complexity index is 1490. The van der Waals surface area contributed by atoms with Crippen LogP contribution in [0.2, 0.25) is 0 Å². The number of rotatable bonds is 3. The van der Waals surface area contributed by atoms with Crippen molar-refractivity contribution in [3.8, 4) is 5.75 Å². The third kappa shape index (κ3) is 5.26. The highest BCUT2D eigenvalue weighted by atomic mass is 19.1. The Morgan fingerprint density at radius 3 is 2.62 bits per heavy atom. The summed E-state index contributed by atoms with van der Waals surface area (Å²) < 4.78 is 19.3. The predicted octanol–water partition coefficient (Wildman–Crippen LogP) is 4.82. The maximum atomic E-state index is 14.1. The summed E-state index contributed by atoms with van der Waals surface area (Å²) in [5.74, 6) is -0.220. The first kappa shape index (κ1) is 24.3. The number of allylic oxidation sites excluding steroid dienone is 1. The normalized spacial score (nSPS) is 16.5. The molecular formula is C30H28FN3O3. The standard InChI is InChI=1S/C30H28FN3O3/c1-34(22-10-12-23(37-2)13-11-22)30(36)28-16-20-7-3-5-19(15-20)6-4-8-26-25(18-29(35)33-28)24-17-21(31)9-14-27(24)32-26/h3-5,7-15,17,28,32H,6,16,18H2,1-2H3,(H,33,35)/b8-4+. The molecule has 0 saturated carbocycles. The van der Waals surface area contributed by atoms with E-state index in [-0.39, 0.29) is 24.1 Å². The number of carbonyl (C=O) groups excluding carboxylic acids is 2. The molecule has 6 nitrogen and oxygen atoms in total. The van der Waals surface area contributed by atoms with Gasteiger partial charge < -0.3 is 19.9 Å². The number of fused-ring (bicyclic) bond motifs is 5. The highest BCUT2D eigenvalue weighted by molar-refractivity contribution is 6.00. The van der Waals surface area contributed by atoms with Gasteiger partial charge in [-0.1, -0.05) is 30.3 Å². The quantitative estimate of drug-likeness (QED) is 0.426. The fourth-order valence-electron chi connectivity index (χ4n) is 4.78. The second kappa shape index (κ2) is 10.3. The van der Waals surface area contributed by atoms with Crippen molar-refractivity contribution in [1.82, 2.24) is 10.3 Å². The van der Waals surface area contributed by atoms with E-state index in [2.05, 4.69) is 16.4 Å². The van der Waals surface area contributed by atoms with Crippen LogP contribution in [0.1, 0.15) is 22.4 Å². The largest absolute Gasteiger partial charge is 0.497 e. The molecule has 1 unspecified atom stereocenters. The lowest BCUT2D eigenvalue weighted by molar-refractivity contribution is -0.127. The van der Waals surface area contributed by atoms with Crippen LogP contribution in [0.3, 0.4) is 0 Å². The van der Waals surface area contributed by atoms with Crippen LogP contribution in [0.5, 0.6) is 5.75 Å². The number of aromatic nitrogens is 1. The van der Waals surface area contributed by atoms with Gasteiger partial charge in [0.15, 0.2) is 0 Å². The minimum atomic E-state index is -0.783. The lowest BCUT2D eigenvalue weighted by atomic mass is 10.0. The molecule has 4 aromatic rings. The van der Waals surface area contributed by atoms with Crippen molar-refractivity contribution in [2.75, 3.05) is 19.1 Å². The molecule has 3 aromatic carbocycles. The van der Waals surface area contributed by atoms with Gasteiger partial charge >= 0.3 is 0 Å². The number of methoxy groups -OCH3 is 1. The van der Waals surface area contributed by atoms with Crippen LogP contribution < -0.4 is 15.0 Å². The highest BCUT2D eigenvalue weighted by Crippen LogP contribution is 2.26. The first-order valence-electron chi connectivity index (χ1n) is 12.2. The zero-order chi connectivity index (χ0) is 25.9. The number of likely N-dealkylation sites (N-methyl/N-ethyl adjacent to an activating group) is 1. The maximum Gasteiger partial charge on any atom is 0.249 e. The van der Waals surface area contributed by atoms with Crippen molar-refractivity contribution < 1.29 is 18.7 Å². The Morgan fingerprint density at radius 1 is 1.05 bits per heavy atom. The van der Waals surface area contributed by atoms with Crippen LogP contribution in [0.25, 0.3) is 17.0 Å². The van der Waals surface area contributed by atoms with Crippen molar-refractivity contribution in [2.45, 2.75) is 25.3 Å². The van der Waals surface area contributed by atoms with Gasteiger partial charge in [-0.3, -0.25) is 9.59 Å². The summed E-state index contributed by atoms with van der Waals surface area (Å²) in [6.07, 6.45) is 5.00. The summed E-state index contributed by atoms with van der Waals surface area (Å²) in [7, 11) is 3.28. The van der Waals surface area contributed by atoms with Crippen LogP contribution in [-0.2, 0) is 28.9 Å². The summed E-state index contributed by atoms with van der Waals surface area (Å²) >= 11 is 0. The number of nitrogens with zero attached hydrogens (tertiary/aromatic N) is 1. The molecule has 188 valence electrons. The summed E-state index contributed by atoms with van der Waals surface area (Å²) in [6.45, 7) is 0. The number of aromatic amines is 1. The number of anilines is 1. The van der Waals surface area contributed by atoms with Gasteiger partial charge in [-0.15, -0.1) is 0 Å². The summed E-state index contributed by atoms with van der Waals surface area (Å²) in [4.78, 5) is 31.8. The van der Waals surface area contributed by atoms with E-state index in [0.29, 0.717) is 35.2 Å². The molecule has 2 bridgehead atoms. The smallest absolute Gasteiger partial charge is 0.249 e. The first-order valence-corrected chi connectivity index (χ1v) is 12.2. The van der Waals surface area contributed by atoms with Gasteiger partial charge in [0.2, 0.25) is 11.8 Å². The summed E-state index contributed by atoms with van der Waals surface area (Å²) in [5, 5.41) is 3.62. The Hall–Kier alpha value is -4.39. The molecule has 0 saturated heterocycles. The van der Waals surface area contributed by atoms with Gasteiger partial charge in [0.25, 0.3) is 0 Å². The number of carbonyl (C=O) groups is 2. The first-order chi connectivity index (χ1) is 17.9. The van der Waals surface area contributed by atoms with Gasteiger partial charge in [0.05, 0.1) is 13.5 Å². The molecule has 0 spiro atoms. The van der Waals surface area contributed by atoms with E-state index in [0.717, 1.165) is 22.3 Å². The van der Waals surface area contributed by atoms with E-state index in [1.165, 1.54) is 12.1 Å². The minimum absolute atomic E-state index is 0.0107. The number of H-pyrrole nitrogens is 1. The fourth-order valence-corrected chi connectivity index (χ4v) is 4.78. The molecule has 2 N–H and O–H groups in total. The van der Waals surface area contributed by atoms with E-state index in [4.69, 9.17) is 4.74 Å². The highest BCUT2D eigenvalue weighted by Gasteiger charge is 2.26. The molecule has 1 aromatic heterocycles. The van der Waals surface area contributed by atoms with Crippen LogP contribution in [-0.4, -0.2) is 37.0 Å². The Morgan fingerprint density at radius 2 is 1.84 bits per heavy atom. The Labute approximate surface area is 214 Å². The minimum Gasteiger partial charge on any atom is -0.497 e. The number of amides is 2. The van der Waals surface area contributed by atoms with E-state index >= 15 is 0 Å². The molecule has 2 heterocycles. The van der Waals surface area contributed by atoms with E-state index in [1.807, 2.05) is 30.4 Å². The molecular weight excluding hydrogens is 469 g/mol. The van der Waals surface area contributed by atoms with Crippen molar-refractivity contribution in [3.63, 3.8) is 0 Å². The van der Waals surface area contributed by atoms with Crippen molar-refractivity contribution in [1.29, 1.82) is 0 Å². The van der Waals surface area contributed by atoms with Gasteiger partial charge in [0, 0.05) is 35.8 Å². The second-order valence-corrected chi connectivity index (χ2v) is 9.23. The fraction of sp³-hybridized carbons (Fsp3) is 0.200. The number of nitrogens with one attached hydrogen (secondary N) is 2. The number of ether oxygens (including phenoxy) is 1. The van der Waals surface area contributed by atoms with E-state index in [9.17, 15) is 14.0 Å². The van der Waals surface area contributed by atoms with Crippen LogP contribution in [0, 0.1) is 5.82 Å². The number of hydrogen-bond donors (Lipinski definition) is 2. The molecule has 1 aliphatic heterocycles. The third-order valence-electron chi connectivity index (χ3n) is 6.73. The van der Waals surface area contributed by atoms with Gasteiger partial charge in [-0.2, -0.15) is 0 Å². The van der Waals surface area contributed by atoms with Crippen LogP contribution in [0.15, 0.2) is 72.8 Å². The maximum absolute atomic E-state index is 14.1. The summed E-state index contributed by atoms with van der Waals surface area (Å²) in [6, 6.07) is 18.9. The molecule has 37 heavy (non-hydrogen) atoms. The zero-order valence-corrected chi connectivity index (χ0v) is 20.8. The monoisotopic (exact) mass is 497 g/mol. The molecule has 1 aliphatic rings. The molecule has 0 aliphatic carbocycles. The second-order valence-electron chi connectivity index (χ2n) is 9.23. The molecule has 5 rings (SSSR count). The lowest BCUT2D eigenvalue weighted by Gasteiger charge is -2.25. The molecule has 7 heteroatoms. The number of halogens is 1. The lowest BCUT2D eigenvalue weighted by Crippen LogP contribution is -2.49. The van der Waals surface area contributed by atoms with E-state index < -0.39 is 6.04 Å². The predicted molar refractivity (Wildman–Crippen MR) is 143 cm³/mol. The van der Waals surface area contributed by atoms with Crippen molar-refractivity contribution >= 4 is 34.5 Å². The third-order valence-corrected chi connectivity index (χ3v) is 6.73. The zero-order valence-electron chi connectivity index (χ0n) is 20.8. The Kier molecular flexibility index (Phi) is 6.77. The average Bonchev–Trinajstić information content (AvgIpc) is 3.23. The van der Waals surface area contributed by atoms with E-state index in [1.54, 1.807) is 49.4 Å². The van der Waals surface area contributed by atoms with Crippen molar-refractivity contribution in [2.24, 2.45) is 0 Å². The molecule has 2 amide bonds. The van der Waals surface area contributed by atoms with Gasteiger partial charge in [-0.25, -0.2) is 4.39 Å². The topological polar surface area (TPSA) is 74.4 Å². The summed E-state index contributed by atoms with van der Waals surface area (Å²) in [5.41, 5.74) is 4.95. The van der Waals surface area contributed by atoms with Gasteiger partial charge in [-0.05, 0) is 71.7 Å². The van der Waals surface area contributed by atoms with Crippen molar-refractivity contribution in [3.05, 3.63) is 101 Å². The number of hydrogen-bond acceptors (Lipinski definition) is 3. The molecule has 1 atom stereocenters. The van der Waals surface area contributed by atoms with Crippen LogP contribution in [0.4, 0.5) is 10.1 Å². The SMILES string of the molecule is COc1ccc(N(C)C(=O)C2Cc3cccc(c3)C/C=C/c3[nH]c4ccc(F)cc4c3CC(=O)N2)cc1. The van der Waals surface area contributed by atoms with Crippen LogP contribution >= 0.6 is 0 Å². The van der Waals surface area contributed by atoms with Gasteiger partial charge in [0.1, 0.15) is 17.6 Å².